The number of piperidine rings is 1. The Morgan fingerprint density at radius 3 is 2.76 bits per heavy atom. The van der Waals surface area contributed by atoms with E-state index in [9.17, 15) is 5.11 Å². The van der Waals surface area contributed by atoms with E-state index in [1.54, 1.807) is 0 Å². The minimum Gasteiger partial charge on any atom is -0.387 e. The number of aliphatic hydroxyl groups is 1. The first kappa shape index (κ1) is 14.6. The number of rotatable bonds is 4. The van der Waals surface area contributed by atoms with Crippen molar-refractivity contribution in [2.75, 3.05) is 32.7 Å². The summed E-state index contributed by atoms with van der Waals surface area (Å²) in [6.45, 7) is 5.53. The molecule has 1 aromatic rings. The summed E-state index contributed by atoms with van der Waals surface area (Å²) >= 11 is 0. The first-order valence-electron chi connectivity index (χ1n) is 7.91. The number of nitrogens with one attached hydrogen (secondary N) is 1. The van der Waals surface area contributed by atoms with Crippen LogP contribution in [0.15, 0.2) is 12.3 Å². The Balaban J connectivity index is 1.53. The molecule has 1 aromatic heterocycles. The van der Waals surface area contributed by atoms with Gasteiger partial charge in [0.2, 0.25) is 0 Å². The van der Waals surface area contributed by atoms with Crippen LogP contribution in [0.1, 0.15) is 36.9 Å². The van der Waals surface area contributed by atoms with E-state index in [0.717, 1.165) is 51.3 Å². The number of aromatic amines is 1. The maximum Gasteiger partial charge on any atom is 0.117 e. The highest BCUT2D eigenvalue weighted by Crippen LogP contribution is 2.25. The van der Waals surface area contributed by atoms with Crippen molar-refractivity contribution >= 4 is 0 Å². The fourth-order valence-electron chi connectivity index (χ4n) is 3.59. The molecule has 2 aliphatic rings. The molecular formula is C16H24N4O. The first-order chi connectivity index (χ1) is 10.2. The summed E-state index contributed by atoms with van der Waals surface area (Å²) < 4.78 is 0. The van der Waals surface area contributed by atoms with Crippen LogP contribution in [0.25, 0.3) is 0 Å². The van der Waals surface area contributed by atoms with Crippen LogP contribution in [-0.2, 0) is 6.54 Å². The van der Waals surface area contributed by atoms with E-state index < -0.39 is 5.60 Å². The van der Waals surface area contributed by atoms with Crippen LogP contribution in [0.5, 0.6) is 0 Å². The van der Waals surface area contributed by atoms with Gasteiger partial charge in [-0.25, -0.2) is 0 Å². The summed E-state index contributed by atoms with van der Waals surface area (Å²) in [7, 11) is 0. The molecule has 0 unspecified atom stereocenters. The maximum atomic E-state index is 10.8. The van der Waals surface area contributed by atoms with Gasteiger partial charge >= 0.3 is 0 Å². The average molecular weight is 288 g/mol. The van der Waals surface area contributed by atoms with E-state index in [1.807, 2.05) is 12.3 Å². The fourth-order valence-corrected chi connectivity index (χ4v) is 3.59. The third-order valence-electron chi connectivity index (χ3n) is 4.65. The molecule has 0 bridgehead atoms. The smallest absolute Gasteiger partial charge is 0.117 e. The summed E-state index contributed by atoms with van der Waals surface area (Å²) in [6, 6.07) is 4.00. The van der Waals surface area contributed by atoms with Gasteiger partial charge in [0.1, 0.15) is 11.8 Å². The van der Waals surface area contributed by atoms with E-state index in [0.29, 0.717) is 5.69 Å². The number of aromatic nitrogens is 1. The highest BCUT2D eigenvalue weighted by molar-refractivity contribution is 5.26. The normalized spacial score (nSPS) is 27.8. The molecule has 3 heterocycles. The Morgan fingerprint density at radius 2 is 2.05 bits per heavy atom. The van der Waals surface area contributed by atoms with Gasteiger partial charge in [0, 0.05) is 32.4 Å². The summed E-state index contributed by atoms with van der Waals surface area (Å²) in [5.41, 5.74) is 1.16. The van der Waals surface area contributed by atoms with Crippen molar-refractivity contribution in [2.45, 2.75) is 37.8 Å². The quantitative estimate of drug-likeness (QED) is 0.876. The second-order valence-corrected chi connectivity index (χ2v) is 6.56. The minimum absolute atomic E-state index is 0.564. The summed E-state index contributed by atoms with van der Waals surface area (Å²) in [4.78, 5) is 7.66. The Morgan fingerprint density at radius 1 is 1.24 bits per heavy atom. The summed E-state index contributed by atoms with van der Waals surface area (Å²) in [5.74, 6) is 0. The van der Waals surface area contributed by atoms with Crippen molar-refractivity contribution in [1.82, 2.24) is 14.8 Å². The molecular weight excluding hydrogens is 264 g/mol. The fraction of sp³-hybridized carbons (Fsp3) is 0.688. The van der Waals surface area contributed by atoms with Crippen LogP contribution in [0.4, 0.5) is 0 Å². The molecule has 2 N–H and O–H groups in total. The maximum absolute atomic E-state index is 10.8. The van der Waals surface area contributed by atoms with E-state index in [-0.39, 0.29) is 0 Å². The van der Waals surface area contributed by atoms with Crippen molar-refractivity contribution < 1.29 is 5.11 Å². The standard InChI is InChI=1S/C16H24N4O/c17-9-15-8-14(10-18-15)11-20-7-4-16(21,13-20)12-19-5-2-1-3-6-19/h8,10,18,21H,1-7,11-13H2/t16-/m1/s1. The molecule has 5 heteroatoms. The van der Waals surface area contributed by atoms with Crippen molar-refractivity contribution in [2.24, 2.45) is 0 Å². The van der Waals surface area contributed by atoms with Crippen LogP contribution in [0, 0.1) is 11.3 Å². The number of likely N-dealkylation sites (tertiary alicyclic amines) is 2. The van der Waals surface area contributed by atoms with Gasteiger partial charge in [-0.05, 0) is 44.0 Å². The van der Waals surface area contributed by atoms with E-state index >= 15 is 0 Å². The molecule has 21 heavy (non-hydrogen) atoms. The predicted octanol–water partition coefficient (Wildman–Crippen LogP) is 1.31. The Labute approximate surface area is 126 Å². The van der Waals surface area contributed by atoms with Crippen LogP contribution in [0.2, 0.25) is 0 Å². The lowest BCUT2D eigenvalue weighted by molar-refractivity contribution is 0.00635. The molecule has 0 saturated carbocycles. The lowest BCUT2D eigenvalue weighted by Crippen LogP contribution is -2.46. The Bertz CT molecular complexity index is 515. The number of nitrogens with zero attached hydrogens (tertiary/aromatic N) is 3. The molecule has 5 nitrogen and oxygen atoms in total. The average Bonchev–Trinajstić information content (AvgIpc) is 3.07. The SMILES string of the molecule is N#Cc1cc(CN2CC[C@@](O)(CN3CCCCC3)C2)c[nH]1. The number of β-amino-alcohol motifs (C(OH)–C–C–N with tert-alkyl or cyclic N) is 1. The largest absolute Gasteiger partial charge is 0.387 e. The van der Waals surface area contributed by atoms with Crippen LogP contribution in [0.3, 0.4) is 0 Å². The van der Waals surface area contributed by atoms with Gasteiger partial charge < -0.3 is 15.0 Å². The molecule has 0 aromatic carbocycles. The highest BCUT2D eigenvalue weighted by Gasteiger charge is 2.37. The van der Waals surface area contributed by atoms with Crippen molar-refractivity contribution in [3.8, 4) is 6.07 Å². The predicted molar refractivity (Wildman–Crippen MR) is 80.6 cm³/mol. The summed E-state index contributed by atoms with van der Waals surface area (Å²) in [5, 5.41) is 19.6. The third-order valence-corrected chi connectivity index (χ3v) is 4.65. The van der Waals surface area contributed by atoms with Gasteiger partial charge in [0.15, 0.2) is 0 Å². The van der Waals surface area contributed by atoms with Gasteiger partial charge in [-0.2, -0.15) is 5.26 Å². The number of nitriles is 1. The number of hydrogen-bond acceptors (Lipinski definition) is 4. The lowest BCUT2D eigenvalue weighted by Gasteiger charge is -2.33. The van der Waals surface area contributed by atoms with Gasteiger partial charge in [-0.1, -0.05) is 6.42 Å². The van der Waals surface area contributed by atoms with Gasteiger partial charge in [0.05, 0.1) is 5.60 Å². The number of H-pyrrole nitrogens is 1. The molecule has 0 amide bonds. The zero-order valence-electron chi connectivity index (χ0n) is 12.5. The molecule has 0 aliphatic carbocycles. The van der Waals surface area contributed by atoms with Crippen LogP contribution < -0.4 is 0 Å². The van der Waals surface area contributed by atoms with Crippen LogP contribution in [-0.4, -0.2) is 58.2 Å². The van der Waals surface area contributed by atoms with Crippen LogP contribution >= 0.6 is 0 Å². The zero-order valence-corrected chi connectivity index (χ0v) is 12.5. The topological polar surface area (TPSA) is 66.3 Å². The third kappa shape index (κ3) is 3.65. The van der Waals surface area contributed by atoms with Gasteiger partial charge in [0.25, 0.3) is 0 Å². The van der Waals surface area contributed by atoms with Crippen molar-refractivity contribution in [3.63, 3.8) is 0 Å². The summed E-state index contributed by atoms with van der Waals surface area (Å²) in [6.07, 6.45) is 6.59. The van der Waals surface area contributed by atoms with Crippen molar-refractivity contribution in [3.05, 3.63) is 23.5 Å². The second-order valence-electron chi connectivity index (χ2n) is 6.56. The van der Waals surface area contributed by atoms with Gasteiger partial charge in [-0.3, -0.25) is 4.90 Å². The molecule has 0 radical (unpaired) electrons. The zero-order chi connectivity index (χ0) is 14.7. The molecule has 114 valence electrons. The van der Waals surface area contributed by atoms with E-state index in [1.165, 1.54) is 19.3 Å². The first-order valence-corrected chi connectivity index (χ1v) is 7.91. The second kappa shape index (κ2) is 6.18. The highest BCUT2D eigenvalue weighted by atomic mass is 16.3. The molecule has 3 rings (SSSR count). The number of hydrogen-bond donors (Lipinski definition) is 2. The molecule has 2 fully saturated rings. The monoisotopic (exact) mass is 288 g/mol. The van der Waals surface area contributed by atoms with E-state index in [2.05, 4.69) is 20.9 Å². The Hall–Kier alpha value is -1.35. The molecule has 2 aliphatic heterocycles. The van der Waals surface area contributed by atoms with Gasteiger partial charge in [-0.15, -0.1) is 0 Å². The molecule has 1 atom stereocenters. The Kier molecular flexibility index (Phi) is 4.29. The van der Waals surface area contributed by atoms with E-state index in [4.69, 9.17) is 5.26 Å². The lowest BCUT2D eigenvalue weighted by atomic mass is 10.0. The molecule has 0 spiro atoms. The molecule has 2 saturated heterocycles. The minimum atomic E-state index is -0.564. The van der Waals surface area contributed by atoms with Crippen molar-refractivity contribution in [1.29, 1.82) is 5.26 Å².